The van der Waals surface area contributed by atoms with Crippen LogP contribution in [0.1, 0.15) is 31.1 Å². The van der Waals surface area contributed by atoms with Crippen LogP contribution in [-0.4, -0.2) is 66.7 Å². The van der Waals surface area contributed by atoms with E-state index in [4.69, 9.17) is 16.3 Å². The number of ether oxygens (including phenoxy) is 1. The predicted molar refractivity (Wildman–Crippen MR) is 111 cm³/mol. The van der Waals surface area contributed by atoms with E-state index in [1.165, 1.54) is 0 Å². The van der Waals surface area contributed by atoms with E-state index in [0.29, 0.717) is 30.2 Å². The third-order valence-electron chi connectivity index (χ3n) is 3.91. The molecule has 0 unspecified atom stereocenters. The van der Waals surface area contributed by atoms with E-state index in [1.807, 2.05) is 20.8 Å². The van der Waals surface area contributed by atoms with Gasteiger partial charge in [-0.2, -0.15) is 0 Å². The summed E-state index contributed by atoms with van der Waals surface area (Å²) in [7, 11) is 0. The Morgan fingerprint density at radius 3 is 2.46 bits per heavy atom. The standard InChI is InChI=1S/C18H25ClIN3O3/c1-18(2,3)26-17(25)23-10-8-22(9-11-23)7-6-21-16(24)14-5-4-13(19)12-15(14)20/h4-5,12H,6-11H2,1-3H3,(H,21,24). The van der Waals surface area contributed by atoms with E-state index in [-0.39, 0.29) is 12.0 Å². The zero-order chi connectivity index (χ0) is 19.3. The molecule has 144 valence electrons. The number of hydrogen-bond donors (Lipinski definition) is 1. The van der Waals surface area contributed by atoms with Crippen molar-refractivity contribution < 1.29 is 14.3 Å². The molecule has 26 heavy (non-hydrogen) atoms. The highest BCUT2D eigenvalue weighted by Crippen LogP contribution is 2.18. The maximum Gasteiger partial charge on any atom is 0.410 e. The smallest absolute Gasteiger partial charge is 0.410 e. The van der Waals surface area contributed by atoms with Gasteiger partial charge in [0.2, 0.25) is 0 Å². The van der Waals surface area contributed by atoms with Crippen LogP contribution < -0.4 is 5.32 Å². The Labute approximate surface area is 173 Å². The number of piperazine rings is 1. The minimum Gasteiger partial charge on any atom is -0.444 e. The van der Waals surface area contributed by atoms with Crippen molar-refractivity contribution in [2.75, 3.05) is 39.3 Å². The van der Waals surface area contributed by atoms with Crippen LogP contribution in [0.2, 0.25) is 5.02 Å². The van der Waals surface area contributed by atoms with Gasteiger partial charge in [0.1, 0.15) is 5.60 Å². The summed E-state index contributed by atoms with van der Waals surface area (Å²) >= 11 is 8.03. The van der Waals surface area contributed by atoms with Crippen LogP contribution >= 0.6 is 34.2 Å². The molecule has 1 aromatic carbocycles. The molecule has 2 amide bonds. The summed E-state index contributed by atoms with van der Waals surface area (Å²) in [5.74, 6) is -0.0987. The summed E-state index contributed by atoms with van der Waals surface area (Å²) in [6, 6.07) is 5.22. The molecule has 0 spiro atoms. The summed E-state index contributed by atoms with van der Waals surface area (Å²) in [5, 5.41) is 3.56. The Morgan fingerprint density at radius 2 is 1.88 bits per heavy atom. The van der Waals surface area contributed by atoms with Crippen LogP contribution in [0.15, 0.2) is 18.2 Å². The van der Waals surface area contributed by atoms with Gasteiger partial charge in [-0.25, -0.2) is 4.79 Å². The van der Waals surface area contributed by atoms with Crippen molar-refractivity contribution in [3.8, 4) is 0 Å². The van der Waals surface area contributed by atoms with E-state index in [9.17, 15) is 9.59 Å². The molecule has 1 N–H and O–H groups in total. The fraction of sp³-hybridized carbons (Fsp3) is 0.556. The van der Waals surface area contributed by atoms with Gasteiger partial charge < -0.3 is 15.0 Å². The lowest BCUT2D eigenvalue weighted by atomic mass is 10.2. The average molecular weight is 494 g/mol. The molecule has 0 radical (unpaired) electrons. The Balaban J connectivity index is 1.72. The van der Waals surface area contributed by atoms with Gasteiger partial charge in [0.05, 0.1) is 5.56 Å². The molecular formula is C18H25ClIN3O3. The minimum atomic E-state index is -0.475. The summed E-state index contributed by atoms with van der Waals surface area (Å²) in [4.78, 5) is 28.3. The molecular weight excluding hydrogens is 469 g/mol. The van der Waals surface area contributed by atoms with Crippen LogP contribution in [0.3, 0.4) is 0 Å². The zero-order valence-corrected chi connectivity index (χ0v) is 18.3. The van der Waals surface area contributed by atoms with Crippen molar-refractivity contribution >= 4 is 46.2 Å². The first-order valence-corrected chi connectivity index (χ1v) is 10.0. The van der Waals surface area contributed by atoms with Gasteiger partial charge in [0.25, 0.3) is 5.91 Å². The summed E-state index contributed by atoms with van der Waals surface area (Å²) in [6.45, 7) is 9.72. The largest absolute Gasteiger partial charge is 0.444 e. The Kier molecular flexibility index (Phi) is 7.54. The van der Waals surface area contributed by atoms with Crippen molar-refractivity contribution in [3.05, 3.63) is 32.4 Å². The van der Waals surface area contributed by atoms with Gasteiger partial charge in [-0.1, -0.05) is 11.6 Å². The molecule has 8 heteroatoms. The van der Waals surface area contributed by atoms with Crippen LogP contribution in [-0.2, 0) is 4.74 Å². The number of amides is 2. The van der Waals surface area contributed by atoms with E-state index < -0.39 is 5.60 Å². The van der Waals surface area contributed by atoms with E-state index >= 15 is 0 Å². The molecule has 0 aromatic heterocycles. The van der Waals surface area contributed by atoms with Gasteiger partial charge >= 0.3 is 6.09 Å². The number of halogens is 2. The molecule has 2 rings (SSSR count). The predicted octanol–water partition coefficient (Wildman–Crippen LogP) is 3.23. The maximum absolute atomic E-state index is 12.2. The summed E-state index contributed by atoms with van der Waals surface area (Å²) in [6.07, 6.45) is -0.261. The maximum atomic E-state index is 12.2. The van der Waals surface area contributed by atoms with Crippen LogP contribution in [0.25, 0.3) is 0 Å². The molecule has 1 aromatic rings. The van der Waals surface area contributed by atoms with Gasteiger partial charge in [-0.3, -0.25) is 9.69 Å². The normalized spacial score (nSPS) is 15.7. The highest BCUT2D eigenvalue weighted by molar-refractivity contribution is 14.1. The molecule has 6 nitrogen and oxygen atoms in total. The Hall–Kier alpha value is -1.06. The third kappa shape index (κ3) is 6.59. The minimum absolute atomic E-state index is 0.0987. The number of carbonyl (C=O) groups excluding carboxylic acids is 2. The van der Waals surface area contributed by atoms with Gasteiger partial charge in [-0.05, 0) is 61.6 Å². The first-order valence-electron chi connectivity index (χ1n) is 8.59. The lowest BCUT2D eigenvalue weighted by molar-refractivity contribution is 0.0147. The molecule has 1 saturated heterocycles. The van der Waals surface area contributed by atoms with Crippen molar-refractivity contribution in [1.29, 1.82) is 0 Å². The van der Waals surface area contributed by atoms with Crippen LogP contribution in [0, 0.1) is 3.57 Å². The van der Waals surface area contributed by atoms with Crippen molar-refractivity contribution in [2.45, 2.75) is 26.4 Å². The monoisotopic (exact) mass is 493 g/mol. The first-order chi connectivity index (χ1) is 12.2. The number of nitrogens with zero attached hydrogens (tertiary/aromatic N) is 2. The van der Waals surface area contributed by atoms with Gasteiger partial charge in [0.15, 0.2) is 0 Å². The van der Waals surface area contributed by atoms with E-state index in [2.05, 4.69) is 32.8 Å². The number of benzene rings is 1. The molecule has 0 aliphatic carbocycles. The first kappa shape index (κ1) is 21.2. The van der Waals surface area contributed by atoms with Crippen LogP contribution in [0.5, 0.6) is 0 Å². The highest BCUT2D eigenvalue weighted by atomic mass is 127. The van der Waals surface area contributed by atoms with Gasteiger partial charge in [0, 0.05) is 47.9 Å². The number of hydrogen-bond acceptors (Lipinski definition) is 4. The lowest BCUT2D eigenvalue weighted by Gasteiger charge is -2.35. The molecule has 1 aliphatic heterocycles. The molecule has 1 fully saturated rings. The van der Waals surface area contributed by atoms with Crippen molar-refractivity contribution in [1.82, 2.24) is 15.1 Å². The highest BCUT2D eigenvalue weighted by Gasteiger charge is 2.25. The fourth-order valence-corrected chi connectivity index (χ4v) is 3.69. The third-order valence-corrected chi connectivity index (χ3v) is 5.04. The van der Waals surface area contributed by atoms with E-state index in [1.54, 1.807) is 23.1 Å². The number of carbonyl (C=O) groups is 2. The summed E-state index contributed by atoms with van der Waals surface area (Å²) < 4.78 is 6.23. The van der Waals surface area contributed by atoms with E-state index in [0.717, 1.165) is 23.2 Å². The van der Waals surface area contributed by atoms with Gasteiger partial charge in [-0.15, -0.1) is 0 Å². The SMILES string of the molecule is CC(C)(C)OC(=O)N1CCN(CCNC(=O)c2ccc(Cl)cc2I)CC1. The molecule has 0 saturated carbocycles. The Morgan fingerprint density at radius 1 is 1.23 bits per heavy atom. The second-order valence-electron chi connectivity index (χ2n) is 7.19. The Bertz CT molecular complexity index is 656. The van der Waals surface area contributed by atoms with Crippen molar-refractivity contribution in [2.24, 2.45) is 0 Å². The summed E-state index contributed by atoms with van der Waals surface area (Å²) in [5.41, 5.74) is 0.155. The molecule has 0 atom stereocenters. The number of nitrogens with one attached hydrogen (secondary N) is 1. The zero-order valence-electron chi connectivity index (χ0n) is 15.3. The average Bonchev–Trinajstić information content (AvgIpc) is 2.53. The lowest BCUT2D eigenvalue weighted by Crippen LogP contribution is -2.51. The van der Waals surface area contributed by atoms with Crippen LogP contribution in [0.4, 0.5) is 4.79 Å². The number of rotatable bonds is 4. The molecule has 1 aliphatic rings. The van der Waals surface area contributed by atoms with Crippen molar-refractivity contribution in [3.63, 3.8) is 0 Å². The quantitative estimate of drug-likeness (QED) is 0.654. The fourth-order valence-electron chi connectivity index (χ4n) is 2.58. The second kappa shape index (κ2) is 9.23. The topological polar surface area (TPSA) is 61.9 Å². The molecule has 0 bridgehead atoms. The second-order valence-corrected chi connectivity index (χ2v) is 8.79. The molecule has 1 heterocycles.